The second-order valence-electron chi connectivity index (χ2n) is 10.1. The standard InChI is InChI=1S/C28H34N2O5/c1-17(2)14-25(26(31)30-15-19(27(32)33)13-12-18(30)3)29-28(34)35-16-24-22-10-6-4-8-20(22)21-9-5-7-11-23(21)24/h4-11,17-19,24-25H,12-16H2,1-3H3,(H,29,34)(H,32,33)/t18?,19?,25-/m0/s1. The number of carbonyl (C=O) groups is 3. The zero-order valence-corrected chi connectivity index (χ0v) is 20.6. The normalized spacial score (nSPS) is 20.2. The van der Waals surface area contributed by atoms with E-state index in [-0.39, 0.29) is 36.9 Å². The molecular formula is C28H34N2O5. The molecule has 2 amide bonds. The molecule has 2 aromatic rings. The molecule has 35 heavy (non-hydrogen) atoms. The summed E-state index contributed by atoms with van der Waals surface area (Å²) in [5, 5.41) is 12.2. The average Bonchev–Trinajstić information content (AvgIpc) is 3.15. The van der Waals surface area contributed by atoms with E-state index in [1.165, 1.54) is 0 Å². The van der Waals surface area contributed by atoms with E-state index in [0.29, 0.717) is 19.3 Å². The maximum absolute atomic E-state index is 13.4. The number of amides is 2. The van der Waals surface area contributed by atoms with Gasteiger partial charge in [-0.1, -0.05) is 62.4 Å². The van der Waals surface area contributed by atoms with Gasteiger partial charge in [0.15, 0.2) is 0 Å². The molecule has 0 aromatic heterocycles. The Bertz CT molecular complexity index is 1050. The molecule has 1 aliphatic heterocycles. The molecule has 7 nitrogen and oxygen atoms in total. The van der Waals surface area contributed by atoms with Crippen molar-refractivity contribution >= 4 is 18.0 Å². The van der Waals surface area contributed by atoms with Crippen molar-refractivity contribution in [2.45, 2.75) is 58.0 Å². The minimum absolute atomic E-state index is 0.0640. The lowest BCUT2D eigenvalue weighted by atomic mass is 9.92. The summed E-state index contributed by atoms with van der Waals surface area (Å²) in [5.41, 5.74) is 4.55. The first-order valence-electron chi connectivity index (χ1n) is 12.4. The summed E-state index contributed by atoms with van der Waals surface area (Å²) in [4.78, 5) is 39.4. The van der Waals surface area contributed by atoms with E-state index in [4.69, 9.17) is 4.74 Å². The number of benzene rings is 2. The van der Waals surface area contributed by atoms with Crippen LogP contribution < -0.4 is 5.32 Å². The van der Waals surface area contributed by atoms with Gasteiger partial charge in [0.05, 0.1) is 5.92 Å². The number of nitrogens with one attached hydrogen (secondary N) is 1. The Labute approximate surface area is 206 Å². The predicted molar refractivity (Wildman–Crippen MR) is 133 cm³/mol. The number of likely N-dealkylation sites (tertiary alicyclic amines) is 1. The number of carboxylic acids is 1. The van der Waals surface area contributed by atoms with Gasteiger partial charge in [-0.2, -0.15) is 0 Å². The Balaban J connectivity index is 1.44. The second-order valence-corrected chi connectivity index (χ2v) is 10.1. The highest BCUT2D eigenvalue weighted by Crippen LogP contribution is 2.44. The minimum atomic E-state index is -0.889. The van der Waals surface area contributed by atoms with E-state index in [0.717, 1.165) is 22.3 Å². The lowest BCUT2D eigenvalue weighted by molar-refractivity contribution is -0.148. The van der Waals surface area contributed by atoms with Crippen molar-refractivity contribution in [2.24, 2.45) is 11.8 Å². The summed E-state index contributed by atoms with van der Waals surface area (Å²) in [5.74, 6) is -1.62. The third-order valence-electron chi connectivity index (χ3n) is 7.16. The number of ether oxygens (including phenoxy) is 1. The molecule has 1 aliphatic carbocycles. The molecule has 0 radical (unpaired) electrons. The number of carboxylic acid groups (broad SMARTS) is 1. The van der Waals surface area contributed by atoms with Crippen LogP contribution in [0.3, 0.4) is 0 Å². The molecule has 2 aliphatic rings. The summed E-state index contributed by atoms with van der Waals surface area (Å²) in [6, 6.07) is 15.4. The number of nitrogens with zero attached hydrogens (tertiary/aromatic N) is 1. The first-order valence-corrected chi connectivity index (χ1v) is 12.4. The number of hydrogen-bond acceptors (Lipinski definition) is 4. The van der Waals surface area contributed by atoms with Crippen LogP contribution in [0.25, 0.3) is 11.1 Å². The summed E-state index contributed by atoms with van der Waals surface area (Å²) in [6.45, 7) is 6.23. The average molecular weight is 479 g/mol. The lowest BCUT2D eigenvalue weighted by Crippen LogP contribution is -2.55. The summed E-state index contributed by atoms with van der Waals surface area (Å²) < 4.78 is 5.66. The molecule has 1 heterocycles. The van der Waals surface area contributed by atoms with Crippen LogP contribution in [0.5, 0.6) is 0 Å². The molecule has 2 unspecified atom stereocenters. The van der Waals surface area contributed by atoms with Crippen molar-refractivity contribution in [2.75, 3.05) is 13.2 Å². The molecule has 1 fully saturated rings. The number of carbonyl (C=O) groups excluding carboxylic acids is 2. The molecule has 7 heteroatoms. The van der Waals surface area contributed by atoms with Gasteiger partial charge >= 0.3 is 12.1 Å². The Hall–Kier alpha value is -3.35. The number of piperidine rings is 1. The van der Waals surface area contributed by atoms with Gasteiger partial charge in [-0.3, -0.25) is 9.59 Å². The highest BCUT2D eigenvalue weighted by molar-refractivity contribution is 5.86. The van der Waals surface area contributed by atoms with Crippen molar-refractivity contribution in [3.8, 4) is 11.1 Å². The van der Waals surface area contributed by atoms with E-state index >= 15 is 0 Å². The number of hydrogen-bond donors (Lipinski definition) is 2. The van der Waals surface area contributed by atoms with Gasteiger partial charge in [0, 0.05) is 18.5 Å². The van der Waals surface area contributed by atoms with Crippen LogP contribution in [-0.2, 0) is 14.3 Å². The van der Waals surface area contributed by atoms with Gasteiger partial charge in [-0.25, -0.2) is 4.79 Å². The zero-order chi connectivity index (χ0) is 25.1. The molecule has 2 N–H and O–H groups in total. The minimum Gasteiger partial charge on any atom is -0.481 e. The van der Waals surface area contributed by atoms with Crippen molar-refractivity contribution in [1.82, 2.24) is 10.2 Å². The Morgan fingerprint density at radius 2 is 1.63 bits per heavy atom. The van der Waals surface area contributed by atoms with Crippen LogP contribution in [0.15, 0.2) is 48.5 Å². The van der Waals surface area contributed by atoms with Gasteiger partial charge in [-0.15, -0.1) is 0 Å². The number of aliphatic carboxylic acids is 1. The van der Waals surface area contributed by atoms with Crippen LogP contribution >= 0.6 is 0 Å². The van der Waals surface area contributed by atoms with Crippen molar-refractivity contribution in [3.63, 3.8) is 0 Å². The van der Waals surface area contributed by atoms with E-state index in [2.05, 4.69) is 29.6 Å². The lowest BCUT2D eigenvalue weighted by Gasteiger charge is -2.38. The SMILES string of the molecule is CC(C)C[C@H](NC(=O)OCC1c2ccccc2-c2ccccc21)C(=O)N1CC(C(=O)O)CCC1C. The van der Waals surface area contributed by atoms with Crippen LogP contribution in [0.1, 0.15) is 57.1 Å². The van der Waals surface area contributed by atoms with Crippen LogP contribution in [0.4, 0.5) is 4.79 Å². The summed E-state index contributed by atoms with van der Waals surface area (Å²) >= 11 is 0. The maximum atomic E-state index is 13.4. The van der Waals surface area contributed by atoms with Gasteiger partial charge < -0.3 is 20.1 Å². The summed E-state index contributed by atoms with van der Waals surface area (Å²) in [7, 11) is 0. The third kappa shape index (κ3) is 5.34. The van der Waals surface area contributed by atoms with Crippen LogP contribution in [0.2, 0.25) is 0 Å². The van der Waals surface area contributed by atoms with Crippen molar-refractivity contribution in [1.29, 1.82) is 0 Å². The molecule has 4 rings (SSSR count). The fraction of sp³-hybridized carbons (Fsp3) is 0.464. The molecule has 186 valence electrons. The summed E-state index contributed by atoms with van der Waals surface area (Å²) in [6.07, 6.45) is 0.992. The first-order chi connectivity index (χ1) is 16.8. The van der Waals surface area contributed by atoms with Gasteiger partial charge in [0.25, 0.3) is 0 Å². The molecule has 0 bridgehead atoms. The zero-order valence-electron chi connectivity index (χ0n) is 20.6. The third-order valence-corrected chi connectivity index (χ3v) is 7.16. The number of fused-ring (bicyclic) bond motifs is 3. The van der Waals surface area contributed by atoms with Crippen LogP contribution in [-0.4, -0.2) is 53.2 Å². The van der Waals surface area contributed by atoms with Gasteiger partial charge in [-0.05, 0) is 54.4 Å². The fourth-order valence-corrected chi connectivity index (χ4v) is 5.29. The Morgan fingerprint density at radius 3 is 2.20 bits per heavy atom. The molecule has 0 saturated carbocycles. The maximum Gasteiger partial charge on any atom is 0.407 e. The monoisotopic (exact) mass is 478 g/mol. The van der Waals surface area contributed by atoms with E-state index < -0.39 is 24.0 Å². The van der Waals surface area contributed by atoms with E-state index in [9.17, 15) is 19.5 Å². The van der Waals surface area contributed by atoms with Gasteiger partial charge in [0.2, 0.25) is 5.91 Å². The fourth-order valence-electron chi connectivity index (χ4n) is 5.29. The topological polar surface area (TPSA) is 95.9 Å². The quantitative estimate of drug-likeness (QED) is 0.604. The number of alkyl carbamates (subject to hydrolysis) is 1. The highest BCUT2D eigenvalue weighted by atomic mass is 16.5. The predicted octanol–water partition coefficient (Wildman–Crippen LogP) is 4.65. The van der Waals surface area contributed by atoms with E-state index in [1.54, 1.807) is 4.90 Å². The Kier molecular flexibility index (Phi) is 7.43. The van der Waals surface area contributed by atoms with Crippen LogP contribution in [0, 0.1) is 11.8 Å². The van der Waals surface area contributed by atoms with Crippen molar-refractivity contribution in [3.05, 3.63) is 59.7 Å². The van der Waals surface area contributed by atoms with Crippen molar-refractivity contribution < 1.29 is 24.2 Å². The largest absolute Gasteiger partial charge is 0.481 e. The smallest absolute Gasteiger partial charge is 0.407 e. The molecular weight excluding hydrogens is 444 g/mol. The molecule has 1 saturated heterocycles. The van der Waals surface area contributed by atoms with E-state index in [1.807, 2.05) is 45.0 Å². The Morgan fingerprint density at radius 1 is 1.03 bits per heavy atom. The first kappa shape index (κ1) is 24.8. The molecule has 2 aromatic carbocycles. The van der Waals surface area contributed by atoms with Gasteiger partial charge in [0.1, 0.15) is 12.6 Å². The molecule has 3 atom stereocenters. The molecule has 0 spiro atoms. The number of rotatable bonds is 7. The highest BCUT2D eigenvalue weighted by Gasteiger charge is 2.37. The second kappa shape index (κ2) is 10.5.